The molecule has 0 aromatic heterocycles. The second-order valence-electron chi connectivity index (χ2n) is 4.87. The van der Waals surface area contributed by atoms with Gasteiger partial charge in [0.2, 0.25) is 0 Å². The van der Waals surface area contributed by atoms with Crippen molar-refractivity contribution >= 4 is 5.69 Å². The maximum Gasteiger partial charge on any atom is 0.0367 e. The van der Waals surface area contributed by atoms with Crippen molar-refractivity contribution in [1.29, 1.82) is 0 Å². The van der Waals surface area contributed by atoms with E-state index in [9.17, 15) is 0 Å². The van der Waals surface area contributed by atoms with Crippen LogP contribution in [0.15, 0.2) is 24.3 Å². The van der Waals surface area contributed by atoms with Crippen molar-refractivity contribution in [2.24, 2.45) is 0 Å². The van der Waals surface area contributed by atoms with Gasteiger partial charge in [-0.25, -0.2) is 0 Å². The lowest BCUT2D eigenvalue weighted by atomic mass is 9.91. The molecule has 1 aromatic carbocycles. The van der Waals surface area contributed by atoms with Gasteiger partial charge < -0.3 is 4.90 Å². The van der Waals surface area contributed by atoms with Gasteiger partial charge >= 0.3 is 0 Å². The standard InChI is InChI=1S/C14H19N2/c1-2-5-13(6-3-1)15-9-11-16(12-10-15)14-7-4-8-14/h2-3,5-6,14H,4,7-12H2. The molecule has 85 valence electrons. The van der Waals surface area contributed by atoms with Crippen LogP contribution in [0.25, 0.3) is 0 Å². The molecule has 0 N–H and O–H groups in total. The molecule has 1 aliphatic heterocycles. The number of nitrogens with zero attached hydrogens (tertiary/aromatic N) is 2. The van der Waals surface area contributed by atoms with Gasteiger partial charge in [0, 0.05) is 37.9 Å². The Morgan fingerprint density at radius 3 is 2.25 bits per heavy atom. The third kappa shape index (κ3) is 1.94. The highest BCUT2D eigenvalue weighted by Crippen LogP contribution is 2.26. The third-order valence-electron chi connectivity index (χ3n) is 3.97. The zero-order chi connectivity index (χ0) is 10.8. The van der Waals surface area contributed by atoms with E-state index in [0.717, 1.165) is 6.04 Å². The summed E-state index contributed by atoms with van der Waals surface area (Å²) in [5.41, 5.74) is 1.35. The fourth-order valence-corrected chi connectivity index (χ4v) is 2.69. The summed E-state index contributed by atoms with van der Waals surface area (Å²) in [4.78, 5) is 5.16. The topological polar surface area (TPSA) is 6.48 Å². The second kappa shape index (κ2) is 4.46. The van der Waals surface area contributed by atoms with Crippen LogP contribution in [-0.4, -0.2) is 37.1 Å². The van der Waals surface area contributed by atoms with Crippen LogP contribution in [-0.2, 0) is 0 Å². The Balaban J connectivity index is 1.58. The van der Waals surface area contributed by atoms with E-state index in [1.807, 2.05) is 12.1 Å². The molecule has 3 rings (SSSR count). The Morgan fingerprint density at radius 2 is 1.69 bits per heavy atom. The summed E-state index contributed by atoms with van der Waals surface area (Å²) in [5.74, 6) is 0. The Bertz CT molecular complexity index is 324. The fourth-order valence-electron chi connectivity index (χ4n) is 2.69. The first-order valence-electron chi connectivity index (χ1n) is 6.38. The van der Waals surface area contributed by atoms with Crippen LogP contribution >= 0.6 is 0 Å². The molecule has 1 saturated carbocycles. The van der Waals surface area contributed by atoms with Gasteiger partial charge in [0.05, 0.1) is 0 Å². The van der Waals surface area contributed by atoms with Crippen LogP contribution in [0.2, 0.25) is 0 Å². The first kappa shape index (κ1) is 10.2. The van der Waals surface area contributed by atoms with Crippen LogP contribution in [0.3, 0.4) is 0 Å². The molecule has 2 nitrogen and oxygen atoms in total. The van der Waals surface area contributed by atoms with Crippen LogP contribution in [0.1, 0.15) is 19.3 Å². The first-order valence-corrected chi connectivity index (χ1v) is 6.38. The number of hydrogen-bond acceptors (Lipinski definition) is 2. The maximum atomic E-state index is 3.08. The molecule has 0 spiro atoms. The molecule has 1 heterocycles. The Hall–Kier alpha value is -1.02. The van der Waals surface area contributed by atoms with Gasteiger partial charge in [-0.15, -0.1) is 0 Å². The summed E-state index contributed by atoms with van der Waals surface area (Å²) in [6.45, 7) is 4.84. The lowest BCUT2D eigenvalue weighted by Gasteiger charge is -2.43. The molecule has 1 aromatic rings. The smallest absolute Gasteiger partial charge is 0.0367 e. The minimum atomic E-state index is 0.909. The number of hydrogen-bond donors (Lipinski definition) is 0. The monoisotopic (exact) mass is 215 g/mol. The van der Waals surface area contributed by atoms with Crippen LogP contribution in [0.5, 0.6) is 0 Å². The van der Waals surface area contributed by atoms with E-state index in [2.05, 4.69) is 28.0 Å². The van der Waals surface area contributed by atoms with E-state index in [1.54, 1.807) is 0 Å². The quantitative estimate of drug-likeness (QED) is 0.746. The number of piperazine rings is 1. The molecule has 2 aliphatic rings. The SMILES string of the molecule is [c]1ccc(N2CCN(C3CCC3)CC2)cc1. The summed E-state index contributed by atoms with van der Waals surface area (Å²) < 4.78 is 0. The molecule has 0 unspecified atom stereocenters. The Kier molecular flexibility index (Phi) is 2.83. The van der Waals surface area contributed by atoms with Crippen molar-refractivity contribution in [2.75, 3.05) is 31.1 Å². The zero-order valence-electron chi connectivity index (χ0n) is 9.73. The van der Waals surface area contributed by atoms with Gasteiger partial charge in [0.1, 0.15) is 0 Å². The molecule has 0 amide bonds. The van der Waals surface area contributed by atoms with Crippen molar-refractivity contribution in [3.05, 3.63) is 30.3 Å². The molecule has 1 radical (unpaired) electrons. The van der Waals surface area contributed by atoms with Crippen LogP contribution in [0.4, 0.5) is 5.69 Å². The number of anilines is 1. The van der Waals surface area contributed by atoms with Gasteiger partial charge in [-0.1, -0.05) is 18.6 Å². The van der Waals surface area contributed by atoms with E-state index in [4.69, 9.17) is 0 Å². The third-order valence-corrected chi connectivity index (χ3v) is 3.97. The van der Waals surface area contributed by atoms with Crippen molar-refractivity contribution in [2.45, 2.75) is 25.3 Å². The molecule has 16 heavy (non-hydrogen) atoms. The van der Waals surface area contributed by atoms with E-state index in [-0.39, 0.29) is 0 Å². The average Bonchev–Trinajstić information content (AvgIpc) is 2.29. The Labute approximate surface area is 97.9 Å². The normalized spacial score (nSPS) is 23.1. The molecule has 0 atom stereocenters. The largest absolute Gasteiger partial charge is 0.369 e. The highest BCUT2D eigenvalue weighted by molar-refractivity contribution is 5.46. The molecule has 2 fully saturated rings. The predicted molar refractivity (Wildman–Crippen MR) is 66.7 cm³/mol. The van der Waals surface area contributed by atoms with Crippen molar-refractivity contribution in [3.63, 3.8) is 0 Å². The number of rotatable bonds is 2. The van der Waals surface area contributed by atoms with Crippen molar-refractivity contribution < 1.29 is 0 Å². The molecule has 2 heteroatoms. The van der Waals surface area contributed by atoms with Gasteiger partial charge in [0.25, 0.3) is 0 Å². The van der Waals surface area contributed by atoms with Crippen LogP contribution < -0.4 is 4.90 Å². The summed E-state index contributed by atoms with van der Waals surface area (Å²) in [5, 5.41) is 0. The summed E-state index contributed by atoms with van der Waals surface area (Å²) >= 11 is 0. The minimum absolute atomic E-state index is 0.909. The van der Waals surface area contributed by atoms with Gasteiger partial charge in [-0.2, -0.15) is 0 Å². The van der Waals surface area contributed by atoms with E-state index < -0.39 is 0 Å². The Morgan fingerprint density at radius 1 is 1.00 bits per heavy atom. The van der Waals surface area contributed by atoms with Crippen molar-refractivity contribution in [1.82, 2.24) is 4.90 Å². The highest BCUT2D eigenvalue weighted by atomic mass is 15.3. The summed E-state index contributed by atoms with van der Waals surface area (Å²) in [6, 6.07) is 12.3. The maximum absolute atomic E-state index is 3.08. The van der Waals surface area contributed by atoms with Gasteiger partial charge in [0.15, 0.2) is 0 Å². The predicted octanol–water partition coefficient (Wildman–Crippen LogP) is 2.16. The summed E-state index contributed by atoms with van der Waals surface area (Å²) in [6.07, 6.45) is 4.31. The van der Waals surface area contributed by atoms with E-state index >= 15 is 0 Å². The molecule has 1 saturated heterocycles. The summed E-state index contributed by atoms with van der Waals surface area (Å²) in [7, 11) is 0. The highest BCUT2D eigenvalue weighted by Gasteiger charge is 2.27. The van der Waals surface area contributed by atoms with Gasteiger partial charge in [-0.05, 0) is 31.0 Å². The van der Waals surface area contributed by atoms with Gasteiger partial charge in [-0.3, -0.25) is 4.90 Å². The van der Waals surface area contributed by atoms with Crippen molar-refractivity contribution in [3.8, 4) is 0 Å². The van der Waals surface area contributed by atoms with E-state index in [0.29, 0.717) is 0 Å². The lowest BCUT2D eigenvalue weighted by molar-refractivity contribution is 0.120. The number of benzene rings is 1. The fraction of sp³-hybridized carbons (Fsp3) is 0.571. The zero-order valence-corrected chi connectivity index (χ0v) is 9.73. The minimum Gasteiger partial charge on any atom is -0.369 e. The molecular weight excluding hydrogens is 196 g/mol. The van der Waals surface area contributed by atoms with E-state index in [1.165, 1.54) is 51.1 Å². The molecular formula is C14H19N2. The van der Waals surface area contributed by atoms with Crippen LogP contribution in [0, 0.1) is 6.07 Å². The molecule has 0 bridgehead atoms. The second-order valence-corrected chi connectivity index (χ2v) is 4.87. The first-order chi connectivity index (χ1) is 7.93. The molecule has 1 aliphatic carbocycles. The lowest BCUT2D eigenvalue weighted by Crippen LogP contribution is -2.52. The average molecular weight is 215 g/mol.